The van der Waals surface area contributed by atoms with Crippen LogP contribution < -0.4 is 4.72 Å². The molecule has 1 heterocycles. The number of aromatic nitrogens is 1. The highest BCUT2D eigenvalue weighted by molar-refractivity contribution is 7.92. The lowest BCUT2D eigenvalue weighted by molar-refractivity contribution is 0.0693. The molecule has 1 aromatic carbocycles. The zero-order valence-electron chi connectivity index (χ0n) is 11.1. The standard InChI is InChI=1S/C12H12N2O6S/c1-6-3-9(15)8(11(16)17)4-10(6)21(18,19)14-12-13-7(2)5-20-12/h3-5,15H,1-2H3,(H,13,14)(H,16,17). The predicted molar refractivity (Wildman–Crippen MR) is 71.9 cm³/mol. The van der Waals surface area contributed by atoms with Crippen LogP contribution in [0.4, 0.5) is 6.01 Å². The molecule has 0 radical (unpaired) electrons. The van der Waals surface area contributed by atoms with Crippen molar-refractivity contribution < 1.29 is 27.8 Å². The van der Waals surface area contributed by atoms with E-state index >= 15 is 0 Å². The van der Waals surface area contributed by atoms with Gasteiger partial charge in [-0.3, -0.25) is 0 Å². The Hall–Kier alpha value is -2.55. The van der Waals surface area contributed by atoms with Crippen LogP contribution >= 0.6 is 0 Å². The summed E-state index contributed by atoms with van der Waals surface area (Å²) in [5.41, 5.74) is 0.166. The summed E-state index contributed by atoms with van der Waals surface area (Å²) in [7, 11) is -4.08. The molecular formula is C12H12N2O6S. The molecule has 0 bridgehead atoms. The number of hydrogen-bond acceptors (Lipinski definition) is 6. The van der Waals surface area contributed by atoms with Crippen LogP contribution in [0, 0.1) is 13.8 Å². The van der Waals surface area contributed by atoms with Gasteiger partial charge in [0, 0.05) is 0 Å². The Morgan fingerprint density at radius 1 is 1.33 bits per heavy atom. The highest BCUT2D eigenvalue weighted by Crippen LogP contribution is 2.26. The third-order valence-corrected chi connectivity index (χ3v) is 4.12. The molecule has 0 atom stereocenters. The third kappa shape index (κ3) is 2.97. The third-order valence-electron chi connectivity index (χ3n) is 2.65. The number of carboxylic acids is 1. The molecule has 1 aromatic heterocycles. The Balaban J connectivity index is 2.49. The van der Waals surface area contributed by atoms with Gasteiger partial charge in [0.15, 0.2) is 0 Å². The van der Waals surface area contributed by atoms with Crippen LogP contribution in [-0.2, 0) is 10.0 Å². The number of aromatic hydroxyl groups is 1. The number of rotatable bonds is 4. The van der Waals surface area contributed by atoms with Crippen LogP contribution in [0.25, 0.3) is 0 Å². The molecule has 9 heteroatoms. The molecule has 0 aliphatic rings. The van der Waals surface area contributed by atoms with E-state index in [-0.39, 0.29) is 16.5 Å². The van der Waals surface area contributed by atoms with Gasteiger partial charge in [0.2, 0.25) is 0 Å². The van der Waals surface area contributed by atoms with Gasteiger partial charge in [-0.25, -0.2) is 17.9 Å². The van der Waals surface area contributed by atoms with Crippen molar-refractivity contribution in [2.75, 3.05) is 4.72 Å². The number of aryl methyl sites for hydroxylation is 2. The molecule has 8 nitrogen and oxygen atoms in total. The molecule has 2 rings (SSSR count). The SMILES string of the molecule is Cc1coc(NS(=O)(=O)c2cc(C(=O)O)c(O)cc2C)n1. The quantitative estimate of drug-likeness (QED) is 0.779. The van der Waals surface area contributed by atoms with Crippen LogP contribution in [0.15, 0.2) is 27.7 Å². The van der Waals surface area contributed by atoms with Gasteiger partial charge in [-0.15, -0.1) is 0 Å². The minimum absolute atomic E-state index is 0.188. The van der Waals surface area contributed by atoms with Crippen molar-refractivity contribution in [3.8, 4) is 5.75 Å². The van der Waals surface area contributed by atoms with E-state index < -0.39 is 27.3 Å². The zero-order valence-corrected chi connectivity index (χ0v) is 11.9. The summed E-state index contributed by atoms with van der Waals surface area (Å²) in [5.74, 6) is -1.94. The highest BCUT2D eigenvalue weighted by atomic mass is 32.2. The minimum Gasteiger partial charge on any atom is -0.507 e. The van der Waals surface area contributed by atoms with Crippen LogP contribution in [-0.4, -0.2) is 29.6 Å². The number of carboxylic acid groups (broad SMARTS) is 1. The topological polar surface area (TPSA) is 130 Å². The average Bonchev–Trinajstić information content (AvgIpc) is 2.72. The van der Waals surface area contributed by atoms with Gasteiger partial charge >= 0.3 is 12.0 Å². The van der Waals surface area contributed by atoms with Crippen LogP contribution in [0.2, 0.25) is 0 Å². The summed E-state index contributed by atoms with van der Waals surface area (Å²) in [6.45, 7) is 3.05. The molecule has 0 saturated heterocycles. The first-order valence-electron chi connectivity index (χ1n) is 5.72. The zero-order chi connectivity index (χ0) is 15.8. The number of hydrogen-bond donors (Lipinski definition) is 3. The molecule has 0 aliphatic heterocycles. The van der Waals surface area contributed by atoms with E-state index in [9.17, 15) is 18.3 Å². The number of phenols is 1. The number of anilines is 1. The minimum atomic E-state index is -4.08. The molecule has 3 N–H and O–H groups in total. The van der Waals surface area contributed by atoms with E-state index in [2.05, 4.69) is 9.71 Å². The second kappa shape index (κ2) is 5.09. The van der Waals surface area contributed by atoms with Gasteiger partial charge in [-0.1, -0.05) is 0 Å². The predicted octanol–water partition coefficient (Wildman–Crippen LogP) is 1.50. The van der Waals surface area contributed by atoms with E-state index in [1.165, 1.54) is 13.2 Å². The molecular weight excluding hydrogens is 300 g/mol. The lowest BCUT2D eigenvalue weighted by Crippen LogP contribution is -2.15. The maximum atomic E-state index is 12.2. The van der Waals surface area contributed by atoms with Gasteiger partial charge in [-0.2, -0.15) is 4.98 Å². The fraction of sp³-hybridized carbons (Fsp3) is 0.167. The van der Waals surface area contributed by atoms with Crippen molar-refractivity contribution in [2.45, 2.75) is 18.7 Å². The summed E-state index contributed by atoms with van der Waals surface area (Å²) in [6, 6.07) is 1.72. The van der Waals surface area contributed by atoms with Crippen molar-refractivity contribution in [3.63, 3.8) is 0 Å². The van der Waals surface area contributed by atoms with E-state index in [1.807, 2.05) is 0 Å². The van der Waals surface area contributed by atoms with Crippen molar-refractivity contribution in [3.05, 3.63) is 35.2 Å². The maximum Gasteiger partial charge on any atom is 0.339 e. The highest BCUT2D eigenvalue weighted by Gasteiger charge is 2.23. The van der Waals surface area contributed by atoms with Gasteiger partial charge in [0.25, 0.3) is 10.0 Å². The Morgan fingerprint density at radius 2 is 2.00 bits per heavy atom. The summed E-state index contributed by atoms with van der Waals surface area (Å²) in [4.78, 5) is 14.5. The molecule has 0 spiro atoms. The van der Waals surface area contributed by atoms with Crippen molar-refractivity contribution in [1.82, 2.24) is 4.98 Å². The number of benzene rings is 1. The van der Waals surface area contributed by atoms with Crippen LogP contribution in [0.1, 0.15) is 21.6 Å². The largest absolute Gasteiger partial charge is 0.507 e. The fourth-order valence-electron chi connectivity index (χ4n) is 1.70. The first kappa shape index (κ1) is 14.9. The average molecular weight is 312 g/mol. The maximum absolute atomic E-state index is 12.2. The smallest absolute Gasteiger partial charge is 0.339 e. The van der Waals surface area contributed by atoms with E-state index in [4.69, 9.17) is 9.52 Å². The Kier molecular flexibility index (Phi) is 3.60. The summed E-state index contributed by atoms with van der Waals surface area (Å²) in [6.07, 6.45) is 1.27. The number of nitrogens with zero attached hydrogens (tertiary/aromatic N) is 1. The molecule has 2 aromatic rings. The van der Waals surface area contributed by atoms with E-state index in [1.54, 1.807) is 6.92 Å². The Labute approximate surface area is 120 Å². The monoisotopic (exact) mass is 312 g/mol. The van der Waals surface area contributed by atoms with Gasteiger partial charge in [0.05, 0.1) is 10.6 Å². The molecule has 0 fully saturated rings. The van der Waals surface area contributed by atoms with Crippen LogP contribution in [0.5, 0.6) is 5.75 Å². The molecule has 0 aliphatic carbocycles. The number of aromatic carboxylic acids is 1. The number of oxazole rings is 1. The number of sulfonamides is 1. The van der Waals surface area contributed by atoms with E-state index in [0.29, 0.717) is 5.69 Å². The molecule has 21 heavy (non-hydrogen) atoms. The molecule has 0 unspecified atom stereocenters. The van der Waals surface area contributed by atoms with Crippen molar-refractivity contribution >= 4 is 22.0 Å². The Bertz CT molecular complexity index is 809. The number of nitrogens with one attached hydrogen (secondary N) is 1. The fourth-order valence-corrected chi connectivity index (χ4v) is 2.89. The summed E-state index contributed by atoms with van der Waals surface area (Å²) < 4.78 is 31.5. The summed E-state index contributed by atoms with van der Waals surface area (Å²) in [5, 5.41) is 18.5. The first-order valence-corrected chi connectivity index (χ1v) is 7.21. The molecule has 0 amide bonds. The molecule has 0 saturated carbocycles. The van der Waals surface area contributed by atoms with Gasteiger partial charge < -0.3 is 14.6 Å². The van der Waals surface area contributed by atoms with Crippen molar-refractivity contribution in [2.24, 2.45) is 0 Å². The lowest BCUT2D eigenvalue weighted by atomic mass is 10.1. The normalized spacial score (nSPS) is 11.3. The van der Waals surface area contributed by atoms with Gasteiger partial charge in [-0.05, 0) is 31.5 Å². The van der Waals surface area contributed by atoms with Crippen molar-refractivity contribution in [1.29, 1.82) is 0 Å². The second-order valence-corrected chi connectivity index (χ2v) is 5.99. The summed E-state index contributed by atoms with van der Waals surface area (Å²) >= 11 is 0. The Morgan fingerprint density at radius 3 is 2.52 bits per heavy atom. The lowest BCUT2D eigenvalue weighted by Gasteiger charge is -2.10. The second-order valence-electron chi connectivity index (χ2n) is 4.34. The first-order chi connectivity index (χ1) is 9.70. The van der Waals surface area contributed by atoms with E-state index in [0.717, 1.165) is 12.1 Å². The van der Waals surface area contributed by atoms with Crippen LogP contribution in [0.3, 0.4) is 0 Å². The molecule has 112 valence electrons. The van der Waals surface area contributed by atoms with Gasteiger partial charge in [0.1, 0.15) is 17.6 Å². The number of carbonyl (C=O) groups is 1.